The number of halogens is 1. The average Bonchev–Trinajstić information content (AvgIpc) is 3.18. The van der Waals surface area contributed by atoms with Crippen LogP contribution in [0.2, 0.25) is 5.02 Å². The molecule has 0 amide bonds. The minimum absolute atomic E-state index is 0.140. The molecular formula is C14H21ClN2O2S. The van der Waals surface area contributed by atoms with Crippen LogP contribution >= 0.6 is 11.6 Å². The molecule has 2 rings (SSSR count). The van der Waals surface area contributed by atoms with E-state index < -0.39 is 10.0 Å². The molecule has 1 saturated carbocycles. The van der Waals surface area contributed by atoms with Crippen molar-refractivity contribution in [2.24, 2.45) is 0 Å². The van der Waals surface area contributed by atoms with E-state index in [1.165, 1.54) is 12.8 Å². The Bertz CT molecular complexity index is 544. The van der Waals surface area contributed by atoms with E-state index >= 15 is 0 Å². The molecular weight excluding hydrogens is 296 g/mol. The first-order valence-corrected chi connectivity index (χ1v) is 8.99. The Morgan fingerprint density at radius 1 is 1.35 bits per heavy atom. The van der Waals surface area contributed by atoms with Gasteiger partial charge in [-0.1, -0.05) is 29.8 Å². The Morgan fingerprint density at radius 3 is 2.70 bits per heavy atom. The zero-order chi connectivity index (χ0) is 14.6. The van der Waals surface area contributed by atoms with Crippen LogP contribution in [0, 0.1) is 0 Å². The van der Waals surface area contributed by atoms with Gasteiger partial charge in [-0.25, -0.2) is 13.1 Å². The Kier molecular flexibility index (Phi) is 5.43. The number of hydrogen-bond donors (Lipinski definition) is 2. The summed E-state index contributed by atoms with van der Waals surface area (Å²) in [4.78, 5) is 0. The Hall–Kier alpha value is -0.620. The molecule has 1 aromatic carbocycles. The van der Waals surface area contributed by atoms with E-state index in [0.717, 1.165) is 12.1 Å². The standard InChI is InChI=1S/C14H21ClN2O2S/c1-11(13-5-2-3-6-14(13)15)17-20(18,19)10-4-9-16-12-7-8-12/h2-3,5-6,11-12,16-17H,4,7-10H2,1H3. The van der Waals surface area contributed by atoms with Crippen molar-refractivity contribution >= 4 is 21.6 Å². The van der Waals surface area contributed by atoms with Crippen LogP contribution in [0.25, 0.3) is 0 Å². The van der Waals surface area contributed by atoms with Crippen molar-refractivity contribution in [3.8, 4) is 0 Å². The van der Waals surface area contributed by atoms with Gasteiger partial charge in [0, 0.05) is 17.1 Å². The quantitative estimate of drug-likeness (QED) is 0.724. The molecule has 1 aromatic rings. The van der Waals surface area contributed by atoms with Crippen molar-refractivity contribution in [1.82, 2.24) is 10.0 Å². The molecule has 20 heavy (non-hydrogen) atoms. The van der Waals surface area contributed by atoms with Crippen LogP contribution < -0.4 is 10.0 Å². The van der Waals surface area contributed by atoms with Crippen molar-refractivity contribution < 1.29 is 8.42 Å². The van der Waals surface area contributed by atoms with Crippen molar-refractivity contribution in [3.05, 3.63) is 34.9 Å². The van der Waals surface area contributed by atoms with Gasteiger partial charge in [-0.3, -0.25) is 0 Å². The maximum atomic E-state index is 12.0. The predicted molar refractivity (Wildman–Crippen MR) is 82.4 cm³/mol. The van der Waals surface area contributed by atoms with Gasteiger partial charge in [0.15, 0.2) is 0 Å². The third kappa shape index (κ3) is 5.05. The normalized spacial score (nSPS) is 17.1. The molecule has 2 N–H and O–H groups in total. The van der Waals surface area contributed by atoms with Crippen LogP contribution in [0.15, 0.2) is 24.3 Å². The van der Waals surface area contributed by atoms with E-state index in [1.54, 1.807) is 13.0 Å². The molecule has 1 aliphatic rings. The van der Waals surface area contributed by atoms with E-state index in [1.807, 2.05) is 18.2 Å². The van der Waals surface area contributed by atoms with Gasteiger partial charge in [-0.15, -0.1) is 0 Å². The largest absolute Gasteiger partial charge is 0.314 e. The molecule has 0 heterocycles. The lowest BCUT2D eigenvalue weighted by atomic mass is 10.1. The second-order valence-electron chi connectivity index (χ2n) is 5.26. The van der Waals surface area contributed by atoms with Crippen LogP contribution in [-0.4, -0.2) is 26.8 Å². The van der Waals surface area contributed by atoms with Gasteiger partial charge < -0.3 is 5.32 Å². The molecule has 0 radical (unpaired) electrons. The fourth-order valence-corrected chi connectivity index (χ4v) is 3.68. The summed E-state index contributed by atoms with van der Waals surface area (Å²) in [7, 11) is -3.27. The van der Waals surface area contributed by atoms with Gasteiger partial charge in [0.2, 0.25) is 10.0 Å². The van der Waals surface area contributed by atoms with Crippen LogP contribution in [-0.2, 0) is 10.0 Å². The summed E-state index contributed by atoms with van der Waals surface area (Å²) in [6.45, 7) is 2.56. The number of benzene rings is 1. The summed E-state index contributed by atoms with van der Waals surface area (Å²) in [6, 6.07) is 7.59. The average molecular weight is 317 g/mol. The highest BCUT2D eigenvalue weighted by molar-refractivity contribution is 7.89. The van der Waals surface area contributed by atoms with Crippen molar-refractivity contribution in [2.75, 3.05) is 12.3 Å². The second kappa shape index (κ2) is 6.89. The highest BCUT2D eigenvalue weighted by Gasteiger charge is 2.21. The molecule has 0 saturated heterocycles. The van der Waals surface area contributed by atoms with Gasteiger partial charge in [0.05, 0.1) is 5.75 Å². The minimum atomic E-state index is -3.27. The Balaban J connectivity index is 1.82. The van der Waals surface area contributed by atoms with Gasteiger partial charge in [0.25, 0.3) is 0 Å². The topological polar surface area (TPSA) is 58.2 Å². The van der Waals surface area contributed by atoms with E-state index in [4.69, 9.17) is 11.6 Å². The van der Waals surface area contributed by atoms with Crippen LogP contribution in [0.3, 0.4) is 0 Å². The highest BCUT2D eigenvalue weighted by atomic mass is 35.5. The van der Waals surface area contributed by atoms with E-state index in [2.05, 4.69) is 10.0 Å². The van der Waals surface area contributed by atoms with Gasteiger partial charge in [0.1, 0.15) is 0 Å². The van der Waals surface area contributed by atoms with Crippen molar-refractivity contribution in [3.63, 3.8) is 0 Å². The van der Waals surface area contributed by atoms with Crippen LogP contribution in [0.1, 0.15) is 37.8 Å². The van der Waals surface area contributed by atoms with Crippen LogP contribution in [0.4, 0.5) is 0 Å². The molecule has 1 aliphatic carbocycles. The molecule has 1 unspecified atom stereocenters. The fourth-order valence-electron chi connectivity index (χ4n) is 2.07. The summed E-state index contributed by atoms with van der Waals surface area (Å²) in [5.74, 6) is 0.140. The first-order chi connectivity index (χ1) is 9.48. The predicted octanol–water partition coefficient (Wildman–Crippen LogP) is 2.46. The monoisotopic (exact) mass is 316 g/mol. The fraction of sp³-hybridized carbons (Fsp3) is 0.571. The van der Waals surface area contributed by atoms with E-state index in [-0.39, 0.29) is 11.8 Å². The molecule has 6 heteroatoms. The smallest absolute Gasteiger partial charge is 0.212 e. The first kappa shape index (κ1) is 15.8. The van der Waals surface area contributed by atoms with E-state index in [0.29, 0.717) is 17.5 Å². The van der Waals surface area contributed by atoms with E-state index in [9.17, 15) is 8.42 Å². The zero-order valence-electron chi connectivity index (χ0n) is 11.6. The summed E-state index contributed by atoms with van der Waals surface area (Å²) in [5.41, 5.74) is 0.800. The molecule has 112 valence electrons. The lowest BCUT2D eigenvalue weighted by Gasteiger charge is -2.16. The lowest BCUT2D eigenvalue weighted by molar-refractivity contribution is 0.561. The maximum Gasteiger partial charge on any atom is 0.212 e. The lowest BCUT2D eigenvalue weighted by Crippen LogP contribution is -2.31. The number of nitrogens with one attached hydrogen (secondary N) is 2. The molecule has 0 aromatic heterocycles. The summed E-state index contributed by atoms with van der Waals surface area (Å²) in [6.07, 6.45) is 3.06. The summed E-state index contributed by atoms with van der Waals surface area (Å²) < 4.78 is 26.7. The summed E-state index contributed by atoms with van der Waals surface area (Å²) in [5, 5.41) is 3.89. The number of rotatable bonds is 8. The SMILES string of the molecule is CC(NS(=O)(=O)CCCNC1CC1)c1ccccc1Cl. The van der Waals surface area contributed by atoms with Gasteiger partial charge in [-0.05, 0) is 44.4 Å². The molecule has 0 spiro atoms. The third-order valence-electron chi connectivity index (χ3n) is 3.33. The molecule has 1 atom stereocenters. The minimum Gasteiger partial charge on any atom is -0.314 e. The first-order valence-electron chi connectivity index (χ1n) is 6.96. The number of sulfonamides is 1. The van der Waals surface area contributed by atoms with Crippen molar-refractivity contribution in [2.45, 2.75) is 38.3 Å². The highest BCUT2D eigenvalue weighted by Crippen LogP contribution is 2.22. The molecule has 4 nitrogen and oxygen atoms in total. The summed E-state index contributed by atoms with van der Waals surface area (Å²) >= 11 is 6.07. The van der Waals surface area contributed by atoms with Gasteiger partial charge >= 0.3 is 0 Å². The zero-order valence-corrected chi connectivity index (χ0v) is 13.2. The second-order valence-corrected chi connectivity index (χ2v) is 7.54. The van der Waals surface area contributed by atoms with Gasteiger partial charge in [-0.2, -0.15) is 0 Å². The third-order valence-corrected chi connectivity index (χ3v) is 5.21. The molecule has 0 bridgehead atoms. The Morgan fingerprint density at radius 2 is 2.05 bits per heavy atom. The number of hydrogen-bond acceptors (Lipinski definition) is 3. The maximum absolute atomic E-state index is 12.0. The van der Waals surface area contributed by atoms with Crippen LogP contribution in [0.5, 0.6) is 0 Å². The van der Waals surface area contributed by atoms with Crippen molar-refractivity contribution in [1.29, 1.82) is 0 Å². The molecule has 0 aliphatic heterocycles. The Labute approximate surface area is 126 Å². The molecule has 1 fully saturated rings.